The zero-order valence-electron chi connectivity index (χ0n) is 13.0. The highest BCUT2D eigenvalue weighted by atomic mass is 16.3. The maximum absolute atomic E-state index is 12.1. The third-order valence-corrected chi connectivity index (χ3v) is 3.48. The Morgan fingerprint density at radius 3 is 2.48 bits per heavy atom. The van der Waals surface area contributed by atoms with E-state index in [-0.39, 0.29) is 5.91 Å². The molecule has 0 saturated carbocycles. The number of hydrogen-bond donors (Lipinski definition) is 1. The van der Waals surface area contributed by atoms with E-state index in [4.69, 9.17) is 4.42 Å². The summed E-state index contributed by atoms with van der Waals surface area (Å²) in [7, 11) is 0. The van der Waals surface area contributed by atoms with E-state index in [1.54, 1.807) is 18.3 Å². The lowest BCUT2D eigenvalue weighted by Crippen LogP contribution is -2.17. The fourth-order valence-electron chi connectivity index (χ4n) is 2.30. The summed E-state index contributed by atoms with van der Waals surface area (Å²) in [5.74, 6) is 1.34. The number of carbonyl (C=O) groups excluding carboxylic acids is 1. The Hall–Kier alpha value is -3.08. The fourth-order valence-corrected chi connectivity index (χ4v) is 2.30. The van der Waals surface area contributed by atoms with Crippen molar-refractivity contribution in [1.29, 1.82) is 0 Å². The van der Waals surface area contributed by atoms with Crippen LogP contribution in [0, 0.1) is 13.8 Å². The molecule has 1 amide bonds. The molecular formula is C18H17N3O2. The minimum Gasteiger partial charge on any atom is -0.466 e. The minimum absolute atomic E-state index is 0.252. The number of aromatic nitrogens is 1. The normalized spacial score (nSPS) is 11.0. The van der Waals surface area contributed by atoms with Gasteiger partial charge in [-0.05, 0) is 56.3 Å². The summed E-state index contributed by atoms with van der Waals surface area (Å²) in [6.07, 6.45) is 5.49. The molecule has 0 aliphatic rings. The van der Waals surface area contributed by atoms with Gasteiger partial charge < -0.3 is 8.98 Å². The first kappa shape index (κ1) is 14.8. The van der Waals surface area contributed by atoms with Gasteiger partial charge >= 0.3 is 0 Å². The molecule has 116 valence electrons. The molecule has 3 rings (SSSR count). The van der Waals surface area contributed by atoms with Crippen LogP contribution in [-0.2, 0) is 0 Å². The largest absolute Gasteiger partial charge is 0.466 e. The maximum atomic E-state index is 12.1. The molecule has 0 fully saturated rings. The third kappa shape index (κ3) is 3.40. The van der Waals surface area contributed by atoms with E-state index in [0.717, 1.165) is 22.8 Å². The molecule has 23 heavy (non-hydrogen) atoms. The van der Waals surface area contributed by atoms with E-state index in [9.17, 15) is 4.79 Å². The molecule has 5 nitrogen and oxygen atoms in total. The first-order valence-corrected chi connectivity index (χ1v) is 7.27. The molecule has 1 aromatic carbocycles. The van der Waals surface area contributed by atoms with E-state index in [1.807, 2.05) is 61.1 Å². The number of amides is 1. The number of rotatable bonds is 4. The summed E-state index contributed by atoms with van der Waals surface area (Å²) in [6, 6.07) is 13.1. The van der Waals surface area contributed by atoms with Crippen LogP contribution in [0.5, 0.6) is 0 Å². The summed E-state index contributed by atoms with van der Waals surface area (Å²) in [5.41, 5.74) is 4.93. The summed E-state index contributed by atoms with van der Waals surface area (Å²) >= 11 is 0. The second-order valence-corrected chi connectivity index (χ2v) is 5.20. The zero-order chi connectivity index (χ0) is 16.2. The highest BCUT2D eigenvalue weighted by Crippen LogP contribution is 2.11. The van der Waals surface area contributed by atoms with Gasteiger partial charge in [0.1, 0.15) is 11.5 Å². The van der Waals surface area contributed by atoms with Gasteiger partial charge in [-0.3, -0.25) is 4.79 Å². The number of aryl methyl sites for hydroxylation is 2. The Kier molecular flexibility index (Phi) is 4.10. The number of hydrogen-bond acceptors (Lipinski definition) is 3. The number of nitrogens with zero attached hydrogens (tertiary/aromatic N) is 2. The van der Waals surface area contributed by atoms with Crippen LogP contribution < -0.4 is 5.43 Å². The van der Waals surface area contributed by atoms with E-state index < -0.39 is 0 Å². The van der Waals surface area contributed by atoms with Gasteiger partial charge in [0.05, 0.1) is 6.21 Å². The van der Waals surface area contributed by atoms with Gasteiger partial charge in [0.2, 0.25) is 0 Å². The molecule has 2 aromatic heterocycles. The second kappa shape index (κ2) is 6.36. The van der Waals surface area contributed by atoms with Crippen LogP contribution in [0.1, 0.15) is 27.4 Å². The molecule has 0 aliphatic carbocycles. The number of hydrazone groups is 1. The molecule has 0 radical (unpaired) electrons. The van der Waals surface area contributed by atoms with Gasteiger partial charge in [-0.2, -0.15) is 5.10 Å². The fraction of sp³-hybridized carbons (Fsp3) is 0.111. The average molecular weight is 307 g/mol. The summed E-state index contributed by atoms with van der Waals surface area (Å²) in [5, 5.41) is 3.97. The monoisotopic (exact) mass is 307 g/mol. The number of nitrogens with one attached hydrogen (secondary N) is 1. The van der Waals surface area contributed by atoms with Crippen LogP contribution in [0.15, 0.2) is 64.4 Å². The summed E-state index contributed by atoms with van der Waals surface area (Å²) in [4.78, 5) is 12.1. The van der Waals surface area contributed by atoms with Crippen molar-refractivity contribution in [3.63, 3.8) is 0 Å². The molecule has 5 heteroatoms. The van der Waals surface area contributed by atoms with E-state index in [0.29, 0.717) is 5.56 Å². The Labute approximate surface area is 134 Å². The lowest BCUT2D eigenvalue weighted by Gasteiger charge is -2.04. The van der Waals surface area contributed by atoms with Gasteiger partial charge in [0.25, 0.3) is 5.91 Å². The molecule has 0 spiro atoms. The van der Waals surface area contributed by atoms with Crippen LogP contribution >= 0.6 is 0 Å². The predicted molar refractivity (Wildman–Crippen MR) is 89.0 cm³/mol. The summed E-state index contributed by atoms with van der Waals surface area (Å²) < 4.78 is 7.37. The van der Waals surface area contributed by atoms with Crippen molar-refractivity contribution in [3.05, 3.63) is 77.5 Å². The van der Waals surface area contributed by atoms with E-state index in [2.05, 4.69) is 10.5 Å². The average Bonchev–Trinajstić information content (AvgIpc) is 3.18. The van der Waals surface area contributed by atoms with Crippen molar-refractivity contribution in [2.24, 2.45) is 5.10 Å². The lowest BCUT2D eigenvalue weighted by molar-refractivity contribution is 0.0955. The molecule has 0 unspecified atom stereocenters. The predicted octanol–water partition coefficient (Wildman–Crippen LogP) is 3.45. The van der Waals surface area contributed by atoms with Gasteiger partial charge in [0, 0.05) is 29.2 Å². The molecule has 0 atom stereocenters. The molecule has 1 N–H and O–H groups in total. The van der Waals surface area contributed by atoms with Crippen molar-refractivity contribution >= 4 is 12.1 Å². The van der Waals surface area contributed by atoms with Gasteiger partial charge in [0.15, 0.2) is 0 Å². The quantitative estimate of drug-likeness (QED) is 0.593. The summed E-state index contributed by atoms with van der Waals surface area (Å²) in [6.45, 7) is 3.73. The topological polar surface area (TPSA) is 59.5 Å². The van der Waals surface area contributed by atoms with Crippen LogP contribution in [0.4, 0.5) is 0 Å². The molecule has 2 heterocycles. The van der Waals surface area contributed by atoms with Gasteiger partial charge in [-0.25, -0.2) is 5.43 Å². The van der Waals surface area contributed by atoms with Crippen LogP contribution in [0.25, 0.3) is 5.69 Å². The molecule has 0 saturated heterocycles. The number of furan rings is 1. The first-order chi connectivity index (χ1) is 11.1. The highest BCUT2D eigenvalue weighted by molar-refractivity contribution is 5.95. The van der Waals surface area contributed by atoms with Gasteiger partial charge in [-0.15, -0.1) is 0 Å². The van der Waals surface area contributed by atoms with Crippen LogP contribution in [-0.4, -0.2) is 16.7 Å². The second-order valence-electron chi connectivity index (χ2n) is 5.20. The molecular weight excluding hydrogens is 290 g/mol. The Bertz CT molecular complexity index is 828. The third-order valence-electron chi connectivity index (χ3n) is 3.48. The standard InChI is InChI=1S/C18H17N3O2/c1-13-11-16(14(2)23-13)12-19-20-18(22)15-5-7-17(8-6-15)21-9-3-4-10-21/h3-12H,1-2H3,(H,20,22)/b19-12-. The SMILES string of the molecule is Cc1cc(/C=N\NC(=O)c2ccc(-n3cccc3)cc2)c(C)o1. The highest BCUT2D eigenvalue weighted by Gasteiger charge is 2.05. The number of benzene rings is 1. The van der Waals surface area contributed by atoms with Crippen molar-refractivity contribution in [2.75, 3.05) is 0 Å². The first-order valence-electron chi connectivity index (χ1n) is 7.27. The molecule has 3 aromatic rings. The van der Waals surface area contributed by atoms with Gasteiger partial charge in [-0.1, -0.05) is 0 Å². The van der Waals surface area contributed by atoms with E-state index in [1.165, 1.54) is 0 Å². The molecule has 0 bridgehead atoms. The van der Waals surface area contributed by atoms with Crippen molar-refractivity contribution in [3.8, 4) is 5.69 Å². The van der Waals surface area contributed by atoms with Crippen LogP contribution in [0.2, 0.25) is 0 Å². The Morgan fingerprint density at radius 2 is 1.87 bits per heavy atom. The minimum atomic E-state index is -0.252. The van der Waals surface area contributed by atoms with Crippen molar-refractivity contribution in [1.82, 2.24) is 9.99 Å². The molecule has 0 aliphatic heterocycles. The van der Waals surface area contributed by atoms with Crippen molar-refractivity contribution in [2.45, 2.75) is 13.8 Å². The van der Waals surface area contributed by atoms with Crippen molar-refractivity contribution < 1.29 is 9.21 Å². The number of carbonyl (C=O) groups is 1. The zero-order valence-corrected chi connectivity index (χ0v) is 13.0. The van der Waals surface area contributed by atoms with Crippen LogP contribution in [0.3, 0.4) is 0 Å². The maximum Gasteiger partial charge on any atom is 0.271 e. The smallest absolute Gasteiger partial charge is 0.271 e. The Morgan fingerprint density at radius 1 is 1.17 bits per heavy atom. The Balaban J connectivity index is 1.65. The lowest BCUT2D eigenvalue weighted by atomic mass is 10.2. The van der Waals surface area contributed by atoms with E-state index >= 15 is 0 Å².